The van der Waals surface area contributed by atoms with Gasteiger partial charge in [0.15, 0.2) is 22.3 Å². The van der Waals surface area contributed by atoms with Crippen LogP contribution < -0.4 is 16.2 Å². The molecule has 0 spiro atoms. The lowest BCUT2D eigenvalue weighted by Gasteiger charge is -2.11. The minimum absolute atomic E-state index is 0.0339. The molecule has 2 aromatic carbocycles. The first-order valence-corrected chi connectivity index (χ1v) is 9.00. The maximum atomic E-state index is 13.8. The summed E-state index contributed by atoms with van der Waals surface area (Å²) in [4.78, 5) is 12.3. The van der Waals surface area contributed by atoms with Crippen LogP contribution in [0, 0.1) is 12.7 Å². The molecule has 0 aliphatic rings. The molecule has 0 atom stereocenters. The molecule has 0 bridgehead atoms. The minimum atomic E-state index is -0.537. The van der Waals surface area contributed by atoms with Gasteiger partial charge in [0, 0.05) is 22.5 Å². The van der Waals surface area contributed by atoms with Crippen LogP contribution in [0.2, 0.25) is 5.02 Å². The highest BCUT2D eigenvalue weighted by Gasteiger charge is 2.19. The van der Waals surface area contributed by atoms with Crippen molar-refractivity contribution in [3.05, 3.63) is 70.2 Å². The van der Waals surface area contributed by atoms with Gasteiger partial charge in [-0.05, 0) is 49.3 Å². The van der Waals surface area contributed by atoms with Crippen LogP contribution in [0.5, 0.6) is 0 Å². The first-order valence-electron chi connectivity index (χ1n) is 8.22. The van der Waals surface area contributed by atoms with Gasteiger partial charge in [0.1, 0.15) is 0 Å². The second kappa shape index (κ2) is 8.37. The zero-order chi connectivity index (χ0) is 19.4. The van der Waals surface area contributed by atoms with Crippen LogP contribution in [-0.2, 0) is 6.42 Å². The quantitative estimate of drug-likeness (QED) is 0.454. The number of benzene rings is 2. The van der Waals surface area contributed by atoms with E-state index in [2.05, 4.69) is 16.2 Å². The molecular formula is C19H17ClFN3O2S. The SMILES string of the molecule is Cc1c(C(=O)NNC(=S)NCCc2ccc(Cl)cc2)oc2c(F)cccc12. The van der Waals surface area contributed by atoms with Gasteiger partial charge in [0.25, 0.3) is 0 Å². The van der Waals surface area contributed by atoms with Crippen LogP contribution in [0.3, 0.4) is 0 Å². The molecule has 0 unspecified atom stereocenters. The van der Waals surface area contributed by atoms with Gasteiger partial charge in [-0.1, -0.05) is 35.9 Å². The zero-order valence-corrected chi connectivity index (χ0v) is 16.0. The van der Waals surface area contributed by atoms with E-state index in [9.17, 15) is 9.18 Å². The Morgan fingerprint density at radius 3 is 2.63 bits per heavy atom. The average Bonchev–Trinajstić information content (AvgIpc) is 3.00. The van der Waals surface area contributed by atoms with E-state index in [1.165, 1.54) is 6.07 Å². The molecule has 0 fully saturated rings. The Hall–Kier alpha value is -2.64. The maximum Gasteiger partial charge on any atom is 0.305 e. The molecule has 0 saturated carbocycles. The number of thiocarbonyl (C=S) groups is 1. The highest BCUT2D eigenvalue weighted by Crippen LogP contribution is 2.26. The number of carbonyl (C=O) groups is 1. The Balaban J connectivity index is 1.51. The number of amides is 1. The summed E-state index contributed by atoms with van der Waals surface area (Å²) in [6, 6.07) is 12.1. The van der Waals surface area contributed by atoms with Crippen LogP contribution >= 0.6 is 23.8 Å². The van der Waals surface area contributed by atoms with E-state index in [-0.39, 0.29) is 16.5 Å². The third-order valence-electron chi connectivity index (χ3n) is 4.02. The maximum absolute atomic E-state index is 13.8. The van der Waals surface area contributed by atoms with Gasteiger partial charge in [0.2, 0.25) is 0 Å². The first kappa shape index (κ1) is 19.1. The molecule has 0 aliphatic carbocycles. The van der Waals surface area contributed by atoms with Crippen molar-refractivity contribution in [2.24, 2.45) is 0 Å². The largest absolute Gasteiger partial charge is 0.447 e. The van der Waals surface area contributed by atoms with Crippen molar-refractivity contribution in [3.8, 4) is 0 Å². The summed E-state index contributed by atoms with van der Waals surface area (Å²) in [7, 11) is 0. The highest BCUT2D eigenvalue weighted by atomic mass is 35.5. The fourth-order valence-electron chi connectivity index (χ4n) is 2.61. The van der Waals surface area contributed by atoms with E-state index in [4.69, 9.17) is 28.2 Å². The second-order valence-corrected chi connectivity index (χ2v) is 6.73. The Labute approximate surface area is 165 Å². The highest BCUT2D eigenvalue weighted by molar-refractivity contribution is 7.80. The summed E-state index contributed by atoms with van der Waals surface area (Å²) < 4.78 is 19.2. The smallest absolute Gasteiger partial charge is 0.305 e. The first-order chi connectivity index (χ1) is 13.0. The van der Waals surface area contributed by atoms with Crippen LogP contribution in [-0.4, -0.2) is 17.6 Å². The lowest BCUT2D eigenvalue weighted by molar-refractivity contribution is 0.0917. The van der Waals surface area contributed by atoms with Gasteiger partial charge < -0.3 is 9.73 Å². The minimum Gasteiger partial charge on any atom is -0.447 e. The van der Waals surface area contributed by atoms with E-state index in [1.807, 2.05) is 24.3 Å². The molecule has 8 heteroatoms. The molecule has 3 N–H and O–H groups in total. The number of rotatable bonds is 4. The topological polar surface area (TPSA) is 66.3 Å². The Kier molecular flexibility index (Phi) is 5.93. The molecule has 0 aliphatic heterocycles. The third kappa shape index (κ3) is 4.56. The summed E-state index contributed by atoms with van der Waals surface area (Å²) >= 11 is 11.0. The van der Waals surface area contributed by atoms with Crippen molar-refractivity contribution in [2.45, 2.75) is 13.3 Å². The number of para-hydroxylation sites is 1. The number of furan rings is 1. The number of fused-ring (bicyclic) bond motifs is 1. The lowest BCUT2D eigenvalue weighted by atomic mass is 10.1. The van der Waals surface area contributed by atoms with E-state index in [0.717, 1.165) is 12.0 Å². The fraction of sp³-hybridized carbons (Fsp3) is 0.158. The molecule has 0 radical (unpaired) electrons. The van der Waals surface area contributed by atoms with Gasteiger partial charge >= 0.3 is 5.91 Å². The molecule has 3 aromatic rings. The Morgan fingerprint density at radius 2 is 1.93 bits per heavy atom. The van der Waals surface area contributed by atoms with Gasteiger partial charge in [-0.15, -0.1) is 0 Å². The summed E-state index contributed by atoms with van der Waals surface area (Å²) in [5.41, 5.74) is 6.79. The summed E-state index contributed by atoms with van der Waals surface area (Å²) in [5.74, 6) is -1.02. The normalized spacial score (nSPS) is 10.6. The molecule has 1 aromatic heterocycles. The van der Waals surface area contributed by atoms with E-state index >= 15 is 0 Å². The van der Waals surface area contributed by atoms with Crippen LogP contribution in [0.15, 0.2) is 46.9 Å². The molecule has 1 amide bonds. The van der Waals surface area contributed by atoms with Gasteiger partial charge in [-0.2, -0.15) is 0 Å². The number of halogens is 2. The zero-order valence-electron chi connectivity index (χ0n) is 14.4. The standard InChI is InChI=1S/C19H17ClFN3O2S/c1-11-14-3-2-4-15(21)17(14)26-16(11)18(25)23-24-19(27)22-10-9-12-5-7-13(20)8-6-12/h2-8H,9-10H2,1H3,(H,23,25)(H2,22,24,27). The molecule has 3 rings (SSSR count). The van der Waals surface area contributed by atoms with Crippen molar-refractivity contribution in [3.63, 3.8) is 0 Å². The van der Waals surface area contributed by atoms with E-state index in [0.29, 0.717) is 22.5 Å². The molecule has 1 heterocycles. The lowest BCUT2D eigenvalue weighted by Crippen LogP contribution is -2.47. The van der Waals surface area contributed by atoms with Gasteiger partial charge in [-0.25, -0.2) is 4.39 Å². The molecule has 5 nitrogen and oxygen atoms in total. The number of aryl methyl sites for hydroxylation is 1. The van der Waals surface area contributed by atoms with Crippen molar-refractivity contribution < 1.29 is 13.6 Å². The second-order valence-electron chi connectivity index (χ2n) is 5.88. The van der Waals surface area contributed by atoms with E-state index in [1.54, 1.807) is 19.1 Å². The molecule has 0 saturated heterocycles. The Morgan fingerprint density at radius 1 is 1.19 bits per heavy atom. The number of hydrogen-bond acceptors (Lipinski definition) is 3. The predicted octanol–water partition coefficient (Wildman–Crippen LogP) is 3.89. The summed E-state index contributed by atoms with van der Waals surface area (Å²) in [5, 5.41) is 4.49. The van der Waals surface area contributed by atoms with Crippen molar-refractivity contribution in [1.29, 1.82) is 0 Å². The Bertz CT molecular complexity index is 989. The number of hydrogen-bond donors (Lipinski definition) is 3. The summed E-state index contributed by atoms with van der Waals surface area (Å²) in [6.07, 6.45) is 0.745. The fourth-order valence-corrected chi connectivity index (χ4v) is 2.89. The van der Waals surface area contributed by atoms with Crippen molar-refractivity contribution >= 4 is 45.8 Å². The average molecular weight is 406 g/mol. The number of nitrogens with one attached hydrogen (secondary N) is 3. The monoisotopic (exact) mass is 405 g/mol. The van der Waals surface area contributed by atoms with Crippen LogP contribution in [0.25, 0.3) is 11.0 Å². The van der Waals surface area contributed by atoms with Gasteiger partial charge in [-0.3, -0.25) is 15.6 Å². The van der Waals surface area contributed by atoms with E-state index < -0.39 is 11.7 Å². The molecular weight excluding hydrogens is 389 g/mol. The van der Waals surface area contributed by atoms with Crippen molar-refractivity contribution in [2.75, 3.05) is 6.54 Å². The van der Waals surface area contributed by atoms with Crippen LogP contribution in [0.1, 0.15) is 21.7 Å². The predicted molar refractivity (Wildman–Crippen MR) is 107 cm³/mol. The summed E-state index contributed by atoms with van der Waals surface area (Å²) in [6.45, 7) is 2.28. The number of hydrazine groups is 1. The molecule has 27 heavy (non-hydrogen) atoms. The van der Waals surface area contributed by atoms with Gasteiger partial charge in [0.05, 0.1) is 0 Å². The molecule has 140 valence electrons. The van der Waals surface area contributed by atoms with Crippen molar-refractivity contribution in [1.82, 2.24) is 16.2 Å². The van der Waals surface area contributed by atoms with Crippen LogP contribution in [0.4, 0.5) is 4.39 Å². The third-order valence-corrected chi connectivity index (χ3v) is 4.52. The number of carbonyl (C=O) groups excluding carboxylic acids is 1.